The van der Waals surface area contributed by atoms with Gasteiger partial charge in [0.15, 0.2) is 0 Å². The second-order valence-corrected chi connectivity index (χ2v) is 9.73. The van der Waals surface area contributed by atoms with Gasteiger partial charge in [-0.25, -0.2) is 4.57 Å². The summed E-state index contributed by atoms with van der Waals surface area (Å²) in [5.74, 6) is 0. The van der Waals surface area contributed by atoms with Gasteiger partial charge in [-0.2, -0.15) is 0 Å². The zero-order valence-electron chi connectivity index (χ0n) is 18.2. The number of nitrogens with zero attached hydrogens (tertiary/aromatic N) is 1. The summed E-state index contributed by atoms with van der Waals surface area (Å²) >= 11 is 0. The Balaban J connectivity index is 3.56. The monoisotopic (exact) mass is 410 g/mol. The highest BCUT2D eigenvalue weighted by atomic mass is 31.2. The molecule has 0 saturated heterocycles. The van der Waals surface area contributed by atoms with Gasteiger partial charge < -0.3 is 19.0 Å². The summed E-state index contributed by atoms with van der Waals surface area (Å²) in [5.41, 5.74) is 0. The van der Waals surface area contributed by atoms with Crippen molar-refractivity contribution in [1.29, 1.82) is 0 Å². The lowest BCUT2D eigenvalue weighted by Gasteiger charge is -2.34. The fourth-order valence-corrected chi connectivity index (χ4v) is 3.46. The average molecular weight is 411 g/mol. The fourth-order valence-electron chi connectivity index (χ4n) is 3.09. The molecule has 0 spiro atoms. The highest BCUT2D eigenvalue weighted by molar-refractivity contribution is 7.46. The van der Waals surface area contributed by atoms with Gasteiger partial charge in [-0.05, 0) is 12.8 Å². The summed E-state index contributed by atoms with van der Waals surface area (Å²) in [6, 6.07) is 0.0403. The molecule has 27 heavy (non-hydrogen) atoms. The molecule has 0 aromatic heterocycles. The van der Waals surface area contributed by atoms with Crippen molar-refractivity contribution in [2.24, 2.45) is 0 Å². The minimum Gasteiger partial charge on any atom is -0.381 e. The predicted molar refractivity (Wildman–Crippen MR) is 112 cm³/mol. The smallest absolute Gasteiger partial charge is 0.381 e. The number of likely N-dealkylation sites (N-methyl/N-ethyl adjacent to an activating group) is 1. The maximum Gasteiger partial charge on any atom is 0.469 e. The molecule has 0 amide bonds. The molecule has 0 rings (SSSR count). The molecule has 164 valence electrons. The number of hydrogen-bond donors (Lipinski definition) is 2. The molecule has 7 heteroatoms. The minimum absolute atomic E-state index is 0.0403. The van der Waals surface area contributed by atoms with Gasteiger partial charge in [0, 0.05) is 19.6 Å². The van der Waals surface area contributed by atoms with Crippen molar-refractivity contribution >= 4 is 7.82 Å². The standard InChI is InChI=1S/C20H44NO5P/c1-5-6-7-8-9-10-11-12-13-14-17-25-18-15-16-20(21(2,3)4)19-26-27(22,23)24/h20H,5-19H2,1-4H3,(H-,22,23,24)/p+1. The third-order valence-electron chi connectivity index (χ3n) is 5.00. The zero-order chi connectivity index (χ0) is 20.6. The molecule has 1 unspecified atom stereocenters. The van der Waals surface area contributed by atoms with Crippen LogP contribution in [-0.4, -0.2) is 61.3 Å². The molecule has 0 bridgehead atoms. The van der Waals surface area contributed by atoms with Gasteiger partial charge in [0.25, 0.3) is 0 Å². The van der Waals surface area contributed by atoms with Gasteiger partial charge in [-0.15, -0.1) is 0 Å². The highest BCUT2D eigenvalue weighted by Gasteiger charge is 2.27. The van der Waals surface area contributed by atoms with Crippen molar-refractivity contribution in [2.75, 3.05) is 41.0 Å². The number of ether oxygens (including phenoxy) is 1. The average Bonchev–Trinajstić information content (AvgIpc) is 2.55. The van der Waals surface area contributed by atoms with Crippen LogP contribution in [0.15, 0.2) is 0 Å². The third kappa shape index (κ3) is 19.1. The Hall–Kier alpha value is 0.0300. The van der Waals surface area contributed by atoms with Crippen LogP contribution in [0.25, 0.3) is 0 Å². The summed E-state index contributed by atoms with van der Waals surface area (Å²) in [4.78, 5) is 17.8. The molecule has 0 aromatic carbocycles. The molecule has 0 heterocycles. The van der Waals surface area contributed by atoms with Crippen LogP contribution in [0, 0.1) is 0 Å². The summed E-state index contributed by atoms with van der Waals surface area (Å²) in [6.07, 6.45) is 14.9. The molecule has 6 nitrogen and oxygen atoms in total. The molecule has 0 radical (unpaired) electrons. The van der Waals surface area contributed by atoms with Gasteiger partial charge in [-0.3, -0.25) is 4.52 Å². The van der Waals surface area contributed by atoms with Gasteiger partial charge in [0.05, 0.1) is 21.1 Å². The van der Waals surface area contributed by atoms with Crippen molar-refractivity contribution in [3.63, 3.8) is 0 Å². The van der Waals surface area contributed by atoms with E-state index in [2.05, 4.69) is 6.92 Å². The van der Waals surface area contributed by atoms with Crippen molar-refractivity contribution in [3.8, 4) is 0 Å². The second-order valence-electron chi connectivity index (χ2n) is 8.49. The Kier molecular flexibility index (Phi) is 15.9. The largest absolute Gasteiger partial charge is 0.469 e. The van der Waals surface area contributed by atoms with E-state index in [1.54, 1.807) is 0 Å². The van der Waals surface area contributed by atoms with Crippen molar-refractivity contribution < 1.29 is 28.1 Å². The van der Waals surface area contributed by atoms with Crippen LogP contribution < -0.4 is 0 Å². The van der Waals surface area contributed by atoms with Crippen LogP contribution in [0.1, 0.15) is 84.0 Å². The van der Waals surface area contributed by atoms with E-state index in [4.69, 9.17) is 19.0 Å². The zero-order valence-corrected chi connectivity index (χ0v) is 19.1. The van der Waals surface area contributed by atoms with Crippen LogP contribution in [0.4, 0.5) is 0 Å². The van der Waals surface area contributed by atoms with E-state index in [1.165, 1.54) is 57.8 Å². The summed E-state index contributed by atoms with van der Waals surface area (Å²) < 4.78 is 21.9. The van der Waals surface area contributed by atoms with Crippen molar-refractivity contribution in [2.45, 2.75) is 90.0 Å². The quantitative estimate of drug-likeness (QED) is 0.180. The van der Waals surface area contributed by atoms with Crippen LogP contribution in [0.5, 0.6) is 0 Å². The molecule has 0 fully saturated rings. The fraction of sp³-hybridized carbons (Fsp3) is 1.00. The van der Waals surface area contributed by atoms with E-state index in [0.717, 1.165) is 25.9 Å². The first-order valence-corrected chi connectivity index (χ1v) is 12.3. The molecule has 1 atom stereocenters. The second kappa shape index (κ2) is 15.9. The van der Waals surface area contributed by atoms with Crippen LogP contribution >= 0.6 is 7.82 Å². The Bertz CT molecular complexity index is 381. The Morgan fingerprint density at radius 3 is 1.78 bits per heavy atom. The molecular formula is C20H45NO5P+. The first-order valence-electron chi connectivity index (χ1n) is 10.8. The van der Waals surface area contributed by atoms with E-state index >= 15 is 0 Å². The van der Waals surface area contributed by atoms with Crippen molar-refractivity contribution in [3.05, 3.63) is 0 Å². The first-order chi connectivity index (χ1) is 12.7. The van der Waals surface area contributed by atoms with E-state index in [9.17, 15) is 4.57 Å². The van der Waals surface area contributed by atoms with E-state index in [0.29, 0.717) is 11.1 Å². The summed E-state index contributed by atoms with van der Waals surface area (Å²) in [6.45, 7) is 3.83. The topological polar surface area (TPSA) is 76.0 Å². The Morgan fingerprint density at radius 1 is 0.815 bits per heavy atom. The number of hydrogen-bond acceptors (Lipinski definition) is 3. The van der Waals surface area contributed by atoms with Crippen LogP contribution in [0.3, 0.4) is 0 Å². The molecular weight excluding hydrogens is 365 g/mol. The number of phosphoric acid groups is 1. The lowest BCUT2D eigenvalue weighted by atomic mass is 10.1. The van der Waals surface area contributed by atoms with E-state index in [-0.39, 0.29) is 12.6 Å². The number of rotatable bonds is 19. The molecule has 2 N–H and O–H groups in total. The third-order valence-corrected chi connectivity index (χ3v) is 5.48. The molecule has 0 aliphatic carbocycles. The summed E-state index contributed by atoms with van der Waals surface area (Å²) in [5, 5.41) is 0. The van der Waals surface area contributed by atoms with Crippen LogP contribution in [0.2, 0.25) is 0 Å². The highest BCUT2D eigenvalue weighted by Crippen LogP contribution is 2.36. The Labute approximate surface area is 167 Å². The SMILES string of the molecule is CCCCCCCCCCCCOCCCC(COP(=O)(O)O)[N+](C)(C)C. The normalized spacial score (nSPS) is 13.9. The van der Waals surface area contributed by atoms with Gasteiger partial charge >= 0.3 is 7.82 Å². The first kappa shape index (κ1) is 27.0. The van der Waals surface area contributed by atoms with Crippen LogP contribution in [-0.2, 0) is 13.8 Å². The predicted octanol–water partition coefficient (Wildman–Crippen LogP) is 4.89. The Morgan fingerprint density at radius 2 is 1.30 bits per heavy atom. The number of quaternary nitrogens is 1. The van der Waals surface area contributed by atoms with E-state index in [1.807, 2.05) is 21.1 Å². The van der Waals surface area contributed by atoms with Crippen molar-refractivity contribution in [1.82, 2.24) is 0 Å². The maximum absolute atomic E-state index is 10.9. The molecule has 0 aliphatic heterocycles. The number of phosphoric ester groups is 1. The lowest BCUT2D eigenvalue weighted by Crippen LogP contribution is -2.47. The minimum atomic E-state index is -4.40. The molecule has 0 aromatic rings. The van der Waals surface area contributed by atoms with E-state index < -0.39 is 7.82 Å². The molecule has 0 aliphatic rings. The molecule has 0 saturated carbocycles. The maximum atomic E-state index is 10.9. The van der Waals surface area contributed by atoms with Gasteiger partial charge in [0.2, 0.25) is 0 Å². The number of unbranched alkanes of at least 4 members (excludes halogenated alkanes) is 9. The van der Waals surface area contributed by atoms with Gasteiger partial charge in [-0.1, -0.05) is 64.7 Å². The van der Waals surface area contributed by atoms with Gasteiger partial charge in [0.1, 0.15) is 12.6 Å². The lowest BCUT2D eigenvalue weighted by molar-refractivity contribution is -0.896. The summed E-state index contributed by atoms with van der Waals surface area (Å²) in [7, 11) is 1.63.